The van der Waals surface area contributed by atoms with Gasteiger partial charge in [0.15, 0.2) is 23.9 Å². The van der Waals surface area contributed by atoms with Gasteiger partial charge in [0, 0.05) is 18.6 Å². The zero-order valence-electron chi connectivity index (χ0n) is 16.3. The molecule has 0 radical (unpaired) electrons. The number of para-hydroxylation sites is 2. The maximum Gasteiger partial charge on any atom is 0.264 e. The minimum absolute atomic E-state index is 0.173. The van der Waals surface area contributed by atoms with Crippen LogP contribution >= 0.6 is 0 Å². The fraction of sp³-hybridized carbons (Fsp3) is 0.600. The summed E-state index contributed by atoms with van der Waals surface area (Å²) < 4.78 is 16.6. The summed E-state index contributed by atoms with van der Waals surface area (Å²) >= 11 is 0. The molecule has 27 heavy (non-hydrogen) atoms. The van der Waals surface area contributed by atoms with Crippen molar-refractivity contribution < 1.29 is 19.1 Å². The third kappa shape index (κ3) is 5.43. The number of aliphatic hydroxyl groups excluding tert-OH is 1. The van der Waals surface area contributed by atoms with Crippen molar-refractivity contribution in [3.63, 3.8) is 0 Å². The average molecular weight is 375 g/mol. The highest BCUT2D eigenvalue weighted by Crippen LogP contribution is 2.28. The van der Waals surface area contributed by atoms with Gasteiger partial charge in [-0.2, -0.15) is 4.98 Å². The number of ether oxygens (including phenoxy) is 2. The van der Waals surface area contributed by atoms with E-state index in [1.165, 1.54) is 19.3 Å². The van der Waals surface area contributed by atoms with Gasteiger partial charge in [0.05, 0.1) is 0 Å². The van der Waals surface area contributed by atoms with Crippen LogP contribution in [0.25, 0.3) is 0 Å². The fourth-order valence-corrected chi connectivity index (χ4v) is 3.54. The number of benzene rings is 1. The molecule has 0 spiro atoms. The van der Waals surface area contributed by atoms with Crippen LogP contribution in [0.3, 0.4) is 0 Å². The van der Waals surface area contributed by atoms with E-state index in [2.05, 4.69) is 28.9 Å². The maximum absolute atomic E-state index is 10.5. The number of aryl methyl sites for hydroxylation is 1. The van der Waals surface area contributed by atoms with Crippen molar-refractivity contribution in [2.75, 3.05) is 13.2 Å². The molecule has 1 aromatic carbocycles. The highest BCUT2D eigenvalue weighted by Gasteiger charge is 2.26. The molecule has 1 N–H and O–H groups in total. The van der Waals surface area contributed by atoms with Gasteiger partial charge < -0.3 is 19.1 Å². The number of nitrogens with zero attached hydrogens (tertiary/aromatic N) is 3. The number of hydrogen-bond donors (Lipinski definition) is 1. The molecule has 1 saturated heterocycles. The molecular formula is C20H29N3O4. The molecule has 1 fully saturated rings. The van der Waals surface area contributed by atoms with E-state index < -0.39 is 6.10 Å². The van der Waals surface area contributed by atoms with Crippen LogP contribution in [0.2, 0.25) is 0 Å². The van der Waals surface area contributed by atoms with E-state index in [0.29, 0.717) is 41.8 Å². The monoisotopic (exact) mass is 375 g/mol. The number of aliphatic hydroxyl groups is 1. The van der Waals surface area contributed by atoms with Gasteiger partial charge in [-0.3, -0.25) is 4.90 Å². The molecule has 0 bridgehead atoms. The summed E-state index contributed by atoms with van der Waals surface area (Å²) in [7, 11) is 0. The van der Waals surface area contributed by atoms with E-state index in [-0.39, 0.29) is 13.2 Å². The Hall–Kier alpha value is -2.12. The molecule has 1 aliphatic rings. The number of hydrogen-bond acceptors (Lipinski definition) is 7. The van der Waals surface area contributed by atoms with Crippen molar-refractivity contribution in [1.29, 1.82) is 0 Å². The first-order valence-electron chi connectivity index (χ1n) is 9.60. The molecule has 0 saturated carbocycles. The van der Waals surface area contributed by atoms with Crippen LogP contribution in [0, 0.1) is 6.92 Å². The average Bonchev–Trinajstić information content (AvgIpc) is 3.07. The summed E-state index contributed by atoms with van der Waals surface area (Å²) in [6.07, 6.45) is 3.07. The van der Waals surface area contributed by atoms with Crippen LogP contribution < -0.4 is 9.47 Å². The topological polar surface area (TPSA) is 80.9 Å². The molecule has 1 aliphatic heterocycles. The Balaban J connectivity index is 1.52. The molecule has 148 valence electrons. The summed E-state index contributed by atoms with van der Waals surface area (Å²) in [5, 5.41) is 14.2. The molecule has 7 heteroatoms. The smallest absolute Gasteiger partial charge is 0.264 e. The maximum atomic E-state index is 10.5. The lowest BCUT2D eigenvalue weighted by Gasteiger charge is -2.40. The van der Waals surface area contributed by atoms with Crippen LogP contribution in [-0.2, 0) is 6.61 Å². The Bertz CT molecular complexity index is 711. The van der Waals surface area contributed by atoms with Gasteiger partial charge >= 0.3 is 0 Å². The highest BCUT2D eigenvalue weighted by molar-refractivity contribution is 5.39. The van der Waals surface area contributed by atoms with Gasteiger partial charge in [-0.1, -0.05) is 23.7 Å². The van der Waals surface area contributed by atoms with E-state index in [4.69, 9.17) is 14.0 Å². The van der Waals surface area contributed by atoms with Crippen LogP contribution in [0.5, 0.6) is 11.5 Å². The van der Waals surface area contributed by atoms with Gasteiger partial charge in [-0.15, -0.1) is 0 Å². The van der Waals surface area contributed by atoms with Crippen LogP contribution in [0.15, 0.2) is 28.8 Å². The van der Waals surface area contributed by atoms with E-state index >= 15 is 0 Å². The Morgan fingerprint density at radius 1 is 1.19 bits per heavy atom. The summed E-state index contributed by atoms with van der Waals surface area (Å²) in [6.45, 7) is 7.22. The summed E-state index contributed by atoms with van der Waals surface area (Å²) in [5.41, 5.74) is 0. The van der Waals surface area contributed by atoms with Crippen molar-refractivity contribution in [2.24, 2.45) is 0 Å². The van der Waals surface area contributed by atoms with Gasteiger partial charge in [0.2, 0.25) is 0 Å². The van der Waals surface area contributed by atoms with Crippen molar-refractivity contribution in [2.45, 2.75) is 64.8 Å². The number of β-amino-alcohol motifs (C(OH)–C–C–N with tert-alkyl or cyclic N) is 1. The number of likely N-dealkylation sites (tertiary alicyclic amines) is 1. The zero-order chi connectivity index (χ0) is 19.2. The van der Waals surface area contributed by atoms with E-state index in [0.717, 1.165) is 0 Å². The van der Waals surface area contributed by atoms with Gasteiger partial charge in [0.1, 0.15) is 12.7 Å². The molecule has 2 aromatic rings. The Morgan fingerprint density at radius 3 is 2.48 bits per heavy atom. The van der Waals surface area contributed by atoms with Crippen molar-refractivity contribution >= 4 is 0 Å². The second kappa shape index (κ2) is 9.19. The van der Waals surface area contributed by atoms with E-state index in [1.54, 1.807) is 6.92 Å². The molecule has 7 nitrogen and oxygen atoms in total. The Kier molecular flexibility index (Phi) is 6.68. The predicted molar refractivity (Wildman–Crippen MR) is 101 cm³/mol. The number of rotatable bonds is 8. The first-order valence-corrected chi connectivity index (χ1v) is 9.60. The quantitative estimate of drug-likeness (QED) is 0.760. The zero-order valence-corrected chi connectivity index (χ0v) is 16.3. The first-order chi connectivity index (χ1) is 13.0. The summed E-state index contributed by atoms with van der Waals surface area (Å²) in [6, 6.07) is 8.39. The predicted octanol–water partition coefficient (Wildman–Crippen LogP) is 2.96. The SMILES string of the molecule is Cc1noc(COc2ccccc2OC[C@H](O)CN2[C@H](C)CCC[C@@H]2C)n1. The second-order valence-electron chi connectivity index (χ2n) is 7.26. The van der Waals surface area contributed by atoms with Crippen molar-refractivity contribution in [1.82, 2.24) is 15.0 Å². The largest absolute Gasteiger partial charge is 0.487 e. The molecular weight excluding hydrogens is 346 g/mol. The third-order valence-electron chi connectivity index (χ3n) is 5.00. The Labute approximate surface area is 160 Å². The van der Waals surface area contributed by atoms with Gasteiger partial charge in [0.25, 0.3) is 5.89 Å². The lowest BCUT2D eigenvalue weighted by molar-refractivity contribution is 0.0202. The molecule has 3 atom stereocenters. The van der Waals surface area contributed by atoms with Crippen LogP contribution in [0.1, 0.15) is 44.8 Å². The lowest BCUT2D eigenvalue weighted by Crippen LogP contribution is -2.48. The van der Waals surface area contributed by atoms with Gasteiger partial charge in [-0.25, -0.2) is 0 Å². The second-order valence-corrected chi connectivity index (χ2v) is 7.26. The van der Waals surface area contributed by atoms with Gasteiger partial charge in [-0.05, 0) is 45.7 Å². The summed E-state index contributed by atoms with van der Waals surface area (Å²) in [4.78, 5) is 6.49. The molecule has 0 aliphatic carbocycles. The molecule has 2 heterocycles. The van der Waals surface area contributed by atoms with Crippen LogP contribution in [-0.4, -0.2) is 51.5 Å². The van der Waals surface area contributed by atoms with Crippen molar-refractivity contribution in [3.05, 3.63) is 36.0 Å². The van der Waals surface area contributed by atoms with E-state index in [1.807, 2.05) is 24.3 Å². The Morgan fingerprint density at radius 2 is 1.85 bits per heavy atom. The molecule has 0 unspecified atom stereocenters. The lowest BCUT2D eigenvalue weighted by atomic mass is 9.97. The minimum atomic E-state index is -0.556. The fourth-order valence-electron chi connectivity index (χ4n) is 3.54. The van der Waals surface area contributed by atoms with Crippen LogP contribution in [0.4, 0.5) is 0 Å². The molecule has 3 rings (SSSR count). The third-order valence-corrected chi connectivity index (χ3v) is 5.00. The highest BCUT2D eigenvalue weighted by atomic mass is 16.5. The number of aromatic nitrogens is 2. The summed E-state index contributed by atoms with van der Waals surface area (Å²) in [5.74, 6) is 2.16. The van der Waals surface area contributed by atoms with Crippen molar-refractivity contribution in [3.8, 4) is 11.5 Å². The minimum Gasteiger partial charge on any atom is -0.487 e. The molecule has 0 amide bonds. The normalized spacial score (nSPS) is 21.8. The molecule has 1 aromatic heterocycles. The number of piperidine rings is 1. The standard InChI is InChI=1S/C20H29N3O4/c1-14-7-6-8-15(2)23(14)11-17(24)12-25-18-9-4-5-10-19(18)26-13-20-21-16(3)22-27-20/h4-5,9-10,14-15,17,24H,6-8,11-13H2,1-3H3/t14-,15+,17-/m1/s1. The van der Waals surface area contributed by atoms with E-state index in [9.17, 15) is 5.11 Å². The first kappa shape index (κ1) is 19.6.